The Morgan fingerprint density at radius 3 is 2.08 bits per heavy atom. The molecule has 0 spiro atoms. The summed E-state index contributed by atoms with van der Waals surface area (Å²) in [7, 11) is 0. The van der Waals surface area contributed by atoms with E-state index in [1.165, 1.54) is 42.5 Å². The van der Waals surface area contributed by atoms with Gasteiger partial charge in [-0.1, -0.05) is 36.4 Å². The van der Waals surface area contributed by atoms with Crippen LogP contribution in [0.15, 0.2) is 72.8 Å². The average Bonchev–Trinajstić information content (AvgIpc) is 3.30. The second-order valence-electron chi connectivity index (χ2n) is 7.70. The number of hydrogen-bond donors (Lipinski definition) is 0. The normalized spacial score (nSPS) is 11.9. The maximum Gasteiger partial charge on any atom is 0.416 e. The van der Waals surface area contributed by atoms with Crippen LogP contribution in [-0.4, -0.2) is 26.2 Å². The quantitative estimate of drug-likeness (QED) is 0.245. The molecular formula is C24H16F6N4O2. The van der Waals surface area contributed by atoms with E-state index in [-0.39, 0.29) is 30.1 Å². The number of carbonyl (C=O) groups excluding carboxylic acids is 1. The van der Waals surface area contributed by atoms with Crippen molar-refractivity contribution in [3.05, 3.63) is 101 Å². The molecule has 3 aromatic carbocycles. The van der Waals surface area contributed by atoms with E-state index >= 15 is 0 Å². The number of ether oxygens (including phenoxy) is 1. The van der Waals surface area contributed by atoms with E-state index in [9.17, 15) is 31.1 Å². The number of halogens is 6. The molecule has 0 aliphatic heterocycles. The molecule has 0 unspecified atom stereocenters. The number of esters is 1. The third-order valence-corrected chi connectivity index (χ3v) is 5.01. The molecule has 4 aromatic rings. The van der Waals surface area contributed by atoms with Gasteiger partial charge in [-0.25, -0.2) is 4.79 Å². The Kier molecular flexibility index (Phi) is 6.77. The molecule has 1 heterocycles. The van der Waals surface area contributed by atoms with Crippen LogP contribution >= 0.6 is 0 Å². The van der Waals surface area contributed by atoms with Crippen LogP contribution in [-0.2, 0) is 30.2 Å². The molecule has 36 heavy (non-hydrogen) atoms. The number of tetrazole rings is 1. The first-order chi connectivity index (χ1) is 17.0. The van der Waals surface area contributed by atoms with Crippen molar-refractivity contribution in [3.63, 3.8) is 0 Å². The smallest absolute Gasteiger partial charge is 0.416 e. The molecule has 6 nitrogen and oxygen atoms in total. The van der Waals surface area contributed by atoms with Crippen molar-refractivity contribution >= 4 is 5.97 Å². The Hall–Kier alpha value is -4.22. The average molecular weight is 506 g/mol. The fraction of sp³-hybridized carbons (Fsp3) is 0.167. The molecule has 12 heteroatoms. The largest absolute Gasteiger partial charge is 0.457 e. The van der Waals surface area contributed by atoms with Gasteiger partial charge in [-0.2, -0.15) is 31.1 Å². The van der Waals surface area contributed by atoms with Crippen molar-refractivity contribution in [1.29, 1.82) is 0 Å². The molecular weight excluding hydrogens is 490 g/mol. The van der Waals surface area contributed by atoms with Gasteiger partial charge < -0.3 is 4.74 Å². The first-order valence-corrected chi connectivity index (χ1v) is 10.4. The minimum absolute atomic E-state index is 0.0599. The van der Waals surface area contributed by atoms with Crippen LogP contribution in [0.4, 0.5) is 26.3 Å². The van der Waals surface area contributed by atoms with Crippen LogP contribution in [0.3, 0.4) is 0 Å². The van der Waals surface area contributed by atoms with Gasteiger partial charge in [-0.15, -0.1) is 10.2 Å². The molecule has 0 radical (unpaired) electrons. The lowest BCUT2D eigenvalue weighted by atomic mass is 10.1. The molecule has 0 saturated heterocycles. The predicted molar refractivity (Wildman–Crippen MR) is 114 cm³/mol. The zero-order valence-electron chi connectivity index (χ0n) is 18.2. The Labute approximate surface area is 200 Å². The van der Waals surface area contributed by atoms with Crippen molar-refractivity contribution < 1.29 is 35.9 Å². The van der Waals surface area contributed by atoms with Crippen molar-refractivity contribution in [2.75, 3.05) is 0 Å². The third-order valence-electron chi connectivity index (χ3n) is 5.01. The molecule has 4 rings (SSSR count). The monoisotopic (exact) mass is 506 g/mol. The number of rotatable bonds is 6. The summed E-state index contributed by atoms with van der Waals surface area (Å²) in [5.41, 5.74) is -0.657. The van der Waals surface area contributed by atoms with Gasteiger partial charge in [-0.3, -0.25) is 0 Å². The van der Waals surface area contributed by atoms with Crippen LogP contribution in [0.5, 0.6) is 0 Å². The zero-order valence-corrected chi connectivity index (χ0v) is 18.2. The van der Waals surface area contributed by atoms with Crippen molar-refractivity contribution in [2.24, 2.45) is 0 Å². The minimum atomic E-state index is -4.51. The van der Waals surface area contributed by atoms with E-state index in [0.29, 0.717) is 11.1 Å². The number of benzene rings is 3. The molecule has 0 aliphatic carbocycles. The van der Waals surface area contributed by atoms with Crippen molar-refractivity contribution in [1.82, 2.24) is 20.2 Å². The van der Waals surface area contributed by atoms with Crippen molar-refractivity contribution in [2.45, 2.75) is 25.5 Å². The fourth-order valence-corrected chi connectivity index (χ4v) is 3.29. The maximum absolute atomic E-state index is 12.9. The summed E-state index contributed by atoms with van der Waals surface area (Å²) in [5, 5.41) is 11.9. The lowest BCUT2D eigenvalue weighted by Crippen LogP contribution is -2.08. The molecule has 0 atom stereocenters. The van der Waals surface area contributed by atoms with Gasteiger partial charge >= 0.3 is 18.3 Å². The highest BCUT2D eigenvalue weighted by Gasteiger charge is 2.31. The van der Waals surface area contributed by atoms with Gasteiger partial charge in [0.05, 0.1) is 23.2 Å². The van der Waals surface area contributed by atoms with Crippen molar-refractivity contribution in [3.8, 4) is 11.4 Å². The Balaban J connectivity index is 1.44. The summed E-state index contributed by atoms with van der Waals surface area (Å²) in [6, 6.07) is 15.2. The standard InChI is InChI=1S/C24H16F6N4O2/c25-23(26,27)19-8-1-4-15(10-19)13-34-32-21(31-33-34)17-6-3-7-18(12-17)22(35)36-14-16-5-2-9-20(11-16)24(28,29)30/h1-12H,13-14H2. The van der Waals surface area contributed by atoms with Gasteiger partial charge in [0.15, 0.2) is 0 Å². The van der Waals surface area contributed by atoms with E-state index in [1.54, 1.807) is 6.07 Å². The molecule has 0 aliphatic rings. The third kappa shape index (κ3) is 6.06. The number of hydrogen-bond acceptors (Lipinski definition) is 5. The summed E-state index contributed by atoms with van der Waals surface area (Å²) in [4.78, 5) is 13.6. The highest BCUT2D eigenvalue weighted by Crippen LogP contribution is 2.30. The van der Waals surface area contributed by atoms with Crippen LogP contribution in [0.25, 0.3) is 11.4 Å². The molecule has 0 fully saturated rings. The van der Waals surface area contributed by atoms with E-state index in [2.05, 4.69) is 15.4 Å². The van der Waals surface area contributed by atoms with Gasteiger partial charge in [0.1, 0.15) is 6.61 Å². The summed E-state index contributed by atoms with van der Waals surface area (Å²) in [6.07, 6.45) is -8.99. The summed E-state index contributed by atoms with van der Waals surface area (Å²) in [5.74, 6) is -0.653. The number of nitrogens with zero attached hydrogens (tertiary/aromatic N) is 4. The highest BCUT2D eigenvalue weighted by molar-refractivity contribution is 5.90. The summed E-state index contributed by atoms with van der Waals surface area (Å²) < 4.78 is 82.5. The highest BCUT2D eigenvalue weighted by atomic mass is 19.4. The molecule has 186 valence electrons. The van der Waals surface area contributed by atoms with E-state index in [0.717, 1.165) is 29.1 Å². The van der Waals surface area contributed by atoms with Crippen LogP contribution in [0.2, 0.25) is 0 Å². The van der Waals surface area contributed by atoms with Gasteiger partial charge in [0.2, 0.25) is 5.82 Å². The zero-order chi connectivity index (χ0) is 25.9. The first-order valence-electron chi connectivity index (χ1n) is 10.4. The molecule has 0 N–H and O–H groups in total. The molecule has 1 aromatic heterocycles. The van der Waals surface area contributed by atoms with Gasteiger partial charge in [-0.05, 0) is 52.7 Å². The number of alkyl halides is 6. The number of aromatic nitrogens is 4. The number of carbonyl (C=O) groups is 1. The fourth-order valence-electron chi connectivity index (χ4n) is 3.29. The van der Waals surface area contributed by atoms with E-state index in [4.69, 9.17) is 4.74 Å². The first kappa shape index (κ1) is 24.9. The second-order valence-corrected chi connectivity index (χ2v) is 7.70. The van der Waals surface area contributed by atoms with Crippen LogP contribution in [0, 0.1) is 0 Å². The second kappa shape index (κ2) is 9.80. The Bertz CT molecular complexity index is 1380. The van der Waals surface area contributed by atoms with Crippen LogP contribution in [0.1, 0.15) is 32.6 Å². The molecule has 0 amide bonds. The minimum Gasteiger partial charge on any atom is -0.457 e. The molecule has 0 saturated carbocycles. The van der Waals surface area contributed by atoms with Gasteiger partial charge in [0, 0.05) is 5.56 Å². The lowest BCUT2D eigenvalue weighted by molar-refractivity contribution is -0.138. The maximum atomic E-state index is 12.9. The predicted octanol–water partition coefficient (Wildman–Crippen LogP) is 5.78. The Morgan fingerprint density at radius 2 is 1.42 bits per heavy atom. The summed E-state index contributed by atoms with van der Waals surface area (Å²) >= 11 is 0. The molecule has 0 bridgehead atoms. The summed E-state index contributed by atoms with van der Waals surface area (Å²) in [6.45, 7) is -0.423. The lowest BCUT2D eigenvalue weighted by Gasteiger charge is -2.09. The van der Waals surface area contributed by atoms with E-state index in [1.807, 2.05) is 0 Å². The topological polar surface area (TPSA) is 69.9 Å². The SMILES string of the molecule is O=C(OCc1cccc(C(F)(F)F)c1)c1cccc(-c2nnn(Cc3cccc(C(F)(F)F)c3)n2)c1. The van der Waals surface area contributed by atoms with Crippen LogP contribution < -0.4 is 0 Å². The van der Waals surface area contributed by atoms with E-state index < -0.39 is 29.4 Å². The Morgan fingerprint density at radius 1 is 0.806 bits per heavy atom. The van der Waals surface area contributed by atoms with Gasteiger partial charge in [0.25, 0.3) is 0 Å².